The summed E-state index contributed by atoms with van der Waals surface area (Å²) in [5.74, 6) is 6.05. The van der Waals surface area contributed by atoms with Crippen molar-refractivity contribution in [2.75, 3.05) is 0 Å². The number of aromatic nitrogens is 3. The van der Waals surface area contributed by atoms with Crippen molar-refractivity contribution in [3.63, 3.8) is 0 Å². The van der Waals surface area contributed by atoms with E-state index in [1.807, 2.05) is 54.6 Å². The Morgan fingerprint density at radius 3 is 2.51 bits per heavy atom. The fourth-order valence-corrected chi connectivity index (χ4v) is 3.70. The number of carbonyl (C=O) groups excluding carboxylic acids is 1. The molecule has 0 atom stereocenters. The fourth-order valence-electron chi connectivity index (χ4n) is 3.49. The Bertz CT molecular complexity index is 1500. The van der Waals surface area contributed by atoms with Crippen molar-refractivity contribution in [3.8, 4) is 34.5 Å². The number of amides is 1. The lowest BCUT2D eigenvalue weighted by Crippen LogP contribution is -2.33. The highest BCUT2D eigenvalue weighted by Crippen LogP contribution is 2.30. The maximum atomic E-state index is 12.5. The van der Waals surface area contributed by atoms with E-state index in [0.717, 1.165) is 16.7 Å². The Morgan fingerprint density at radius 2 is 1.83 bits per heavy atom. The zero-order valence-corrected chi connectivity index (χ0v) is 20.1. The maximum Gasteiger partial charge on any atom is 0.251 e. The molecule has 0 spiro atoms. The van der Waals surface area contributed by atoms with E-state index in [-0.39, 0.29) is 5.56 Å². The first-order chi connectivity index (χ1) is 16.7. The summed E-state index contributed by atoms with van der Waals surface area (Å²) in [7, 11) is 0. The molecule has 35 heavy (non-hydrogen) atoms. The van der Waals surface area contributed by atoms with Gasteiger partial charge in [0, 0.05) is 34.4 Å². The van der Waals surface area contributed by atoms with Crippen LogP contribution in [-0.4, -0.2) is 20.9 Å². The monoisotopic (exact) mass is 482 g/mol. The maximum absolute atomic E-state index is 12.5. The van der Waals surface area contributed by atoms with E-state index < -0.39 is 11.3 Å². The van der Waals surface area contributed by atoms with Gasteiger partial charge in [0.15, 0.2) is 0 Å². The number of H-pyrrole nitrogens is 1. The van der Waals surface area contributed by atoms with Crippen molar-refractivity contribution in [2.45, 2.75) is 20.3 Å². The summed E-state index contributed by atoms with van der Waals surface area (Å²) in [5, 5.41) is 0.436. The zero-order chi connectivity index (χ0) is 25.0. The highest BCUT2D eigenvalue weighted by atomic mass is 35.5. The van der Waals surface area contributed by atoms with E-state index >= 15 is 0 Å². The summed E-state index contributed by atoms with van der Waals surface area (Å²) in [6.45, 7) is 3.57. The molecule has 0 saturated heterocycles. The third kappa shape index (κ3) is 5.84. The van der Waals surface area contributed by atoms with Gasteiger partial charge in [-0.1, -0.05) is 55.6 Å². The number of nitrogens with two attached hydrogens (primary N) is 1. The Kier molecular flexibility index (Phi) is 6.81. The first-order valence-electron chi connectivity index (χ1n) is 10.9. The number of halogens is 1. The molecule has 0 aliphatic carbocycles. The second-order valence-corrected chi connectivity index (χ2v) is 9.17. The number of primary amides is 1. The number of rotatable bonds is 5. The Hall–Kier alpha value is -4.21. The molecule has 0 aliphatic heterocycles. The Labute approximate surface area is 208 Å². The van der Waals surface area contributed by atoms with Crippen LogP contribution < -0.4 is 11.3 Å². The summed E-state index contributed by atoms with van der Waals surface area (Å²) >= 11 is 6.45. The molecule has 0 unspecified atom stereocenters. The number of benzene rings is 2. The number of nitrogens with zero attached hydrogens (tertiary/aromatic N) is 2. The van der Waals surface area contributed by atoms with E-state index in [1.165, 1.54) is 6.07 Å². The fraction of sp³-hybridized carbons (Fsp3) is 0.143. The van der Waals surface area contributed by atoms with Gasteiger partial charge in [-0.05, 0) is 54.3 Å². The molecular formula is C28H23ClN4O2. The highest BCUT2D eigenvalue weighted by molar-refractivity contribution is 6.33. The average molecular weight is 483 g/mol. The van der Waals surface area contributed by atoms with Crippen LogP contribution in [0, 0.1) is 17.3 Å². The van der Waals surface area contributed by atoms with E-state index in [2.05, 4.69) is 26.8 Å². The molecular weight excluding hydrogens is 460 g/mol. The molecule has 0 fully saturated rings. The van der Waals surface area contributed by atoms with Gasteiger partial charge >= 0.3 is 0 Å². The molecule has 4 rings (SSSR count). The van der Waals surface area contributed by atoms with Gasteiger partial charge in [0.25, 0.3) is 5.56 Å². The predicted octanol–water partition coefficient (Wildman–Crippen LogP) is 4.61. The third-order valence-corrected chi connectivity index (χ3v) is 5.85. The van der Waals surface area contributed by atoms with Gasteiger partial charge in [0.1, 0.15) is 11.5 Å². The predicted molar refractivity (Wildman–Crippen MR) is 138 cm³/mol. The third-order valence-electron chi connectivity index (χ3n) is 5.52. The molecule has 1 amide bonds. The van der Waals surface area contributed by atoms with Crippen molar-refractivity contribution in [1.29, 1.82) is 0 Å². The number of hydrogen-bond acceptors (Lipinski definition) is 4. The highest BCUT2D eigenvalue weighted by Gasteiger charge is 2.25. The van der Waals surface area contributed by atoms with Crippen LogP contribution in [0.15, 0.2) is 77.7 Å². The van der Waals surface area contributed by atoms with Gasteiger partial charge in [-0.3, -0.25) is 9.59 Å². The molecule has 0 bridgehead atoms. The summed E-state index contributed by atoms with van der Waals surface area (Å²) < 4.78 is 0. The van der Waals surface area contributed by atoms with Gasteiger partial charge < -0.3 is 10.7 Å². The van der Waals surface area contributed by atoms with Crippen molar-refractivity contribution in [2.24, 2.45) is 11.1 Å². The number of pyridine rings is 1. The molecule has 0 saturated carbocycles. The number of nitrogens with one attached hydrogen (secondary N) is 1. The number of aromatic amines is 1. The minimum absolute atomic E-state index is 0.303. The van der Waals surface area contributed by atoms with Crippen molar-refractivity contribution in [3.05, 3.63) is 105 Å². The first kappa shape index (κ1) is 23.9. The molecule has 0 aliphatic rings. The van der Waals surface area contributed by atoms with Gasteiger partial charge in [-0.25, -0.2) is 9.97 Å². The summed E-state index contributed by atoms with van der Waals surface area (Å²) in [6.07, 6.45) is 2.13. The molecule has 174 valence electrons. The van der Waals surface area contributed by atoms with Crippen LogP contribution in [0.2, 0.25) is 5.02 Å². The van der Waals surface area contributed by atoms with Gasteiger partial charge in [0.05, 0.1) is 10.7 Å². The second-order valence-electron chi connectivity index (χ2n) is 8.76. The van der Waals surface area contributed by atoms with E-state index in [0.29, 0.717) is 34.2 Å². The summed E-state index contributed by atoms with van der Waals surface area (Å²) in [4.78, 5) is 35.8. The van der Waals surface area contributed by atoms with Crippen LogP contribution in [-0.2, 0) is 11.2 Å². The zero-order valence-electron chi connectivity index (χ0n) is 19.3. The number of hydrogen-bond donors (Lipinski definition) is 2. The standard InChI is InChI=1S/C28H23ClN4O2/c1-28(2,27(30)35)17-19-9-13-23(29)22(15-19)26-32-24(16-25(34)33-26)20-10-6-18(7-11-20)8-12-21-5-3-4-14-31-21/h3-7,9-11,13-16H,17H2,1-2H3,(H2,30,35)(H,32,33,34). The molecule has 2 aromatic heterocycles. The molecule has 6 nitrogen and oxygen atoms in total. The SMILES string of the molecule is CC(C)(Cc1ccc(Cl)c(-c2nc(-c3ccc(C#Cc4ccccn4)cc3)cc(=O)[nH]2)c1)C(N)=O. The van der Waals surface area contributed by atoms with E-state index in [9.17, 15) is 9.59 Å². The lowest BCUT2D eigenvalue weighted by atomic mass is 9.85. The van der Waals surface area contributed by atoms with Crippen LogP contribution in [0.1, 0.15) is 30.7 Å². The lowest BCUT2D eigenvalue weighted by molar-refractivity contribution is -0.125. The second kappa shape index (κ2) is 9.96. The summed E-state index contributed by atoms with van der Waals surface area (Å²) in [5.41, 5.74) is 8.70. The Balaban J connectivity index is 1.65. The smallest absolute Gasteiger partial charge is 0.251 e. The van der Waals surface area contributed by atoms with E-state index in [4.69, 9.17) is 17.3 Å². The molecule has 0 radical (unpaired) electrons. The molecule has 2 aromatic carbocycles. The van der Waals surface area contributed by atoms with Crippen molar-refractivity contribution >= 4 is 17.5 Å². The topological polar surface area (TPSA) is 102 Å². The van der Waals surface area contributed by atoms with Crippen LogP contribution in [0.25, 0.3) is 22.6 Å². The molecule has 7 heteroatoms. The van der Waals surface area contributed by atoms with Gasteiger partial charge in [-0.15, -0.1) is 0 Å². The van der Waals surface area contributed by atoms with Crippen LogP contribution in [0.3, 0.4) is 0 Å². The van der Waals surface area contributed by atoms with Gasteiger partial charge in [0.2, 0.25) is 5.91 Å². The minimum Gasteiger partial charge on any atom is -0.369 e. The number of carbonyl (C=O) groups is 1. The van der Waals surface area contributed by atoms with Crippen LogP contribution in [0.4, 0.5) is 0 Å². The van der Waals surface area contributed by atoms with Crippen LogP contribution >= 0.6 is 11.6 Å². The lowest BCUT2D eigenvalue weighted by Gasteiger charge is -2.20. The largest absolute Gasteiger partial charge is 0.369 e. The van der Waals surface area contributed by atoms with E-state index in [1.54, 1.807) is 26.1 Å². The normalized spacial score (nSPS) is 10.9. The first-order valence-corrected chi connectivity index (χ1v) is 11.3. The Morgan fingerprint density at radius 1 is 1.06 bits per heavy atom. The molecule has 3 N–H and O–H groups in total. The van der Waals surface area contributed by atoms with Gasteiger partial charge in [-0.2, -0.15) is 0 Å². The average Bonchev–Trinajstić information content (AvgIpc) is 2.84. The molecule has 2 heterocycles. The minimum atomic E-state index is -0.727. The van der Waals surface area contributed by atoms with Crippen molar-refractivity contribution < 1.29 is 4.79 Å². The van der Waals surface area contributed by atoms with Crippen molar-refractivity contribution in [1.82, 2.24) is 15.0 Å². The quantitative estimate of drug-likeness (QED) is 0.405. The van der Waals surface area contributed by atoms with Crippen LogP contribution in [0.5, 0.6) is 0 Å². The molecule has 4 aromatic rings. The summed E-state index contributed by atoms with van der Waals surface area (Å²) in [6, 6.07) is 19.9.